The highest BCUT2D eigenvalue weighted by atomic mass is 19.1. The maximum Gasteiger partial charge on any atom is 0.282 e. The Balaban J connectivity index is 1.68. The molecule has 4 nitrogen and oxygen atoms in total. The number of carbonyl (C=O) groups is 1. The minimum Gasteiger partial charge on any atom is -0.321 e. The second-order valence-corrected chi connectivity index (χ2v) is 5.90. The number of halogens is 1. The molecule has 3 saturated heterocycles. The number of hydrogen-bond donors (Lipinski definition) is 1. The molecule has 3 heterocycles. The molecule has 1 aromatic rings. The lowest BCUT2D eigenvalue weighted by molar-refractivity contribution is -0.953. The zero-order chi connectivity index (χ0) is 14.2. The predicted octanol–water partition coefficient (Wildman–Crippen LogP) is 1.30. The third-order valence-electron chi connectivity index (χ3n) is 4.90. The molecular formula is C15H21FN3O+. The predicted molar refractivity (Wildman–Crippen MR) is 75.8 cm³/mol. The number of amides is 1. The summed E-state index contributed by atoms with van der Waals surface area (Å²) in [6.07, 6.45) is 0. The fourth-order valence-corrected chi connectivity index (χ4v) is 3.30. The molecule has 3 fully saturated rings. The lowest BCUT2D eigenvalue weighted by Crippen LogP contribution is -2.72. The molecule has 20 heavy (non-hydrogen) atoms. The summed E-state index contributed by atoms with van der Waals surface area (Å²) in [5.41, 5.74) is 0.664. The minimum atomic E-state index is -0.287. The smallest absolute Gasteiger partial charge is 0.282 e. The third kappa shape index (κ3) is 2.43. The van der Waals surface area contributed by atoms with Crippen LogP contribution in [0.15, 0.2) is 24.3 Å². The van der Waals surface area contributed by atoms with E-state index in [4.69, 9.17) is 0 Å². The molecule has 3 aliphatic rings. The first kappa shape index (κ1) is 13.5. The number of hydrogen-bond acceptors (Lipinski definition) is 2. The van der Waals surface area contributed by atoms with Crippen molar-refractivity contribution in [2.75, 3.05) is 44.6 Å². The Labute approximate surface area is 118 Å². The van der Waals surface area contributed by atoms with E-state index >= 15 is 0 Å². The van der Waals surface area contributed by atoms with Gasteiger partial charge in [-0.25, -0.2) is 4.39 Å². The van der Waals surface area contributed by atoms with Crippen molar-refractivity contribution < 1.29 is 13.7 Å². The number of nitrogens with zero attached hydrogens (tertiary/aromatic N) is 2. The molecular weight excluding hydrogens is 257 g/mol. The van der Waals surface area contributed by atoms with Gasteiger partial charge in [0, 0.05) is 25.3 Å². The van der Waals surface area contributed by atoms with Gasteiger partial charge in [0.05, 0.1) is 19.6 Å². The van der Waals surface area contributed by atoms with Gasteiger partial charge < -0.3 is 9.80 Å². The van der Waals surface area contributed by atoms with Crippen molar-refractivity contribution in [1.82, 2.24) is 4.90 Å². The summed E-state index contributed by atoms with van der Waals surface area (Å²) in [6.45, 7) is 8.45. The summed E-state index contributed by atoms with van der Waals surface area (Å²) in [5, 5.41) is 2.91. The van der Waals surface area contributed by atoms with E-state index in [1.54, 1.807) is 12.1 Å². The fraction of sp³-hybridized carbons (Fsp3) is 0.533. The SMILES string of the molecule is C[C@@H](C(=O)Nc1ccc(F)cc1)[N+]12CCN(CC1)CC2. The topological polar surface area (TPSA) is 32.3 Å². The van der Waals surface area contributed by atoms with Crippen molar-refractivity contribution in [3.8, 4) is 0 Å². The van der Waals surface area contributed by atoms with Crippen LogP contribution in [0.4, 0.5) is 10.1 Å². The van der Waals surface area contributed by atoms with E-state index in [2.05, 4.69) is 10.2 Å². The summed E-state index contributed by atoms with van der Waals surface area (Å²) in [5.74, 6) is -0.253. The second-order valence-electron chi connectivity index (χ2n) is 5.90. The first-order valence-electron chi connectivity index (χ1n) is 7.24. The number of nitrogens with one attached hydrogen (secondary N) is 1. The van der Waals surface area contributed by atoms with Crippen molar-refractivity contribution in [3.63, 3.8) is 0 Å². The lowest BCUT2D eigenvalue weighted by atomic mass is 10.1. The van der Waals surface area contributed by atoms with Crippen LogP contribution in [-0.4, -0.2) is 60.6 Å². The Morgan fingerprint density at radius 3 is 2.30 bits per heavy atom. The van der Waals surface area contributed by atoms with Gasteiger partial charge in [-0.2, -0.15) is 0 Å². The first-order chi connectivity index (χ1) is 9.59. The standard InChI is InChI=1S/C15H20FN3O/c1-12(19-9-6-18(7-10-19)8-11-19)15(20)17-14-4-2-13(16)3-5-14/h2-5,12H,6-11H2,1H3/p+1/t12-/m0/s1. The molecule has 3 aliphatic heterocycles. The van der Waals surface area contributed by atoms with Gasteiger partial charge in [-0.1, -0.05) is 0 Å². The van der Waals surface area contributed by atoms with Crippen molar-refractivity contribution >= 4 is 11.6 Å². The summed E-state index contributed by atoms with van der Waals surface area (Å²) >= 11 is 0. The van der Waals surface area contributed by atoms with Crippen LogP contribution in [0.1, 0.15) is 6.92 Å². The van der Waals surface area contributed by atoms with Crippen molar-refractivity contribution in [1.29, 1.82) is 0 Å². The monoisotopic (exact) mass is 278 g/mol. The molecule has 0 aliphatic carbocycles. The van der Waals surface area contributed by atoms with Crippen molar-refractivity contribution in [2.45, 2.75) is 13.0 Å². The molecule has 0 spiro atoms. The molecule has 108 valence electrons. The number of anilines is 1. The van der Waals surface area contributed by atoms with E-state index in [1.165, 1.54) is 12.1 Å². The van der Waals surface area contributed by atoms with Gasteiger partial charge in [0.1, 0.15) is 5.82 Å². The van der Waals surface area contributed by atoms with Crippen LogP contribution in [-0.2, 0) is 4.79 Å². The highest BCUT2D eigenvalue weighted by molar-refractivity contribution is 5.93. The average Bonchev–Trinajstić information content (AvgIpc) is 2.50. The maximum atomic E-state index is 12.9. The Bertz CT molecular complexity index is 481. The van der Waals surface area contributed by atoms with Crippen LogP contribution in [0.3, 0.4) is 0 Å². The zero-order valence-electron chi connectivity index (χ0n) is 11.8. The zero-order valence-corrected chi connectivity index (χ0v) is 11.8. The van der Waals surface area contributed by atoms with Crippen LogP contribution in [0.2, 0.25) is 0 Å². The van der Waals surface area contributed by atoms with E-state index in [0.29, 0.717) is 5.69 Å². The van der Waals surface area contributed by atoms with Gasteiger partial charge in [0.25, 0.3) is 5.91 Å². The summed E-state index contributed by atoms with van der Waals surface area (Å²) in [7, 11) is 0. The molecule has 2 bridgehead atoms. The summed E-state index contributed by atoms with van der Waals surface area (Å²) in [6, 6.07) is 5.89. The molecule has 5 heteroatoms. The van der Waals surface area contributed by atoms with Crippen LogP contribution in [0, 0.1) is 5.82 Å². The molecule has 1 amide bonds. The Morgan fingerprint density at radius 2 is 1.75 bits per heavy atom. The fourth-order valence-electron chi connectivity index (χ4n) is 3.30. The van der Waals surface area contributed by atoms with E-state index in [0.717, 1.165) is 43.8 Å². The van der Waals surface area contributed by atoms with E-state index in [-0.39, 0.29) is 17.8 Å². The highest BCUT2D eigenvalue weighted by Crippen LogP contribution is 2.24. The molecule has 1 aromatic carbocycles. The number of fused-ring (bicyclic) bond motifs is 3. The van der Waals surface area contributed by atoms with Crippen LogP contribution in [0.25, 0.3) is 0 Å². The largest absolute Gasteiger partial charge is 0.321 e. The molecule has 0 saturated carbocycles. The van der Waals surface area contributed by atoms with Gasteiger partial charge in [-0.3, -0.25) is 9.69 Å². The number of piperazine rings is 3. The van der Waals surface area contributed by atoms with Crippen LogP contribution < -0.4 is 5.32 Å². The normalized spacial score (nSPS) is 30.0. The Morgan fingerprint density at radius 1 is 1.20 bits per heavy atom. The highest BCUT2D eigenvalue weighted by Gasteiger charge is 2.45. The van der Waals surface area contributed by atoms with Gasteiger partial charge in [0.2, 0.25) is 0 Å². The van der Waals surface area contributed by atoms with Crippen LogP contribution in [0.5, 0.6) is 0 Å². The third-order valence-corrected chi connectivity index (χ3v) is 4.90. The number of quaternary nitrogens is 1. The number of carbonyl (C=O) groups excluding carboxylic acids is 1. The first-order valence-corrected chi connectivity index (χ1v) is 7.24. The van der Waals surface area contributed by atoms with Gasteiger partial charge >= 0.3 is 0 Å². The van der Waals surface area contributed by atoms with Crippen molar-refractivity contribution in [3.05, 3.63) is 30.1 Å². The molecule has 0 aromatic heterocycles. The van der Waals surface area contributed by atoms with Crippen molar-refractivity contribution in [2.24, 2.45) is 0 Å². The quantitative estimate of drug-likeness (QED) is 0.845. The van der Waals surface area contributed by atoms with E-state index in [1.807, 2.05) is 6.92 Å². The van der Waals surface area contributed by atoms with Gasteiger partial charge in [-0.15, -0.1) is 0 Å². The summed E-state index contributed by atoms with van der Waals surface area (Å²) < 4.78 is 13.8. The maximum absolute atomic E-state index is 12.9. The lowest BCUT2D eigenvalue weighted by Gasteiger charge is -2.52. The van der Waals surface area contributed by atoms with E-state index < -0.39 is 0 Å². The van der Waals surface area contributed by atoms with Gasteiger partial charge in [0.15, 0.2) is 6.04 Å². The van der Waals surface area contributed by atoms with Gasteiger partial charge in [-0.05, 0) is 31.2 Å². The Kier molecular flexibility index (Phi) is 3.48. The Hall–Kier alpha value is -1.46. The number of benzene rings is 1. The molecule has 1 N–H and O–H groups in total. The molecule has 4 rings (SSSR count). The number of rotatable bonds is 3. The van der Waals surface area contributed by atoms with E-state index in [9.17, 15) is 9.18 Å². The second kappa shape index (κ2) is 5.14. The molecule has 0 radical (unpaired) electrons. The molecule has 0 unspecified atom stereocenters. The average molecular weight is 278 g/mol. The summed E-state index contributed by atoms with van der Waals surface area (Å²) in [4.78, 5) is 14.9. The van der Waals surface area contributed by atoms with Crippen LogP contribution >= 0.6 is 0 Å². The molecule has 1 atom stereocenters. The minimum absolute atomic E-state index is 0.0342.